The molecule has 11 heteroatoms. The quantitative estimate of drug-likeness (QED) is 0.250. The molecule has 2 aromatic heterocycles. The van der Waals surface area contributed by atoms with Gasteiger partial charge in [0.25, 0.3) is 5.91 Å². The highest BCUT2D eigenvalue weighted by molar-refractivity contribution is 7.20. The fourth-order valence-electron chi connectivity index (χ4n) is 4.56. The summed E-state index contributed by atoms with van der Waals surface area (Å²) in [5.74, 6) is -1.67. The van der Waals surface area contributed by atoms with E-state index in [1.54, 1.807) is 42.7 Å². The Balaban J connectivity index is 1.63. The number of nitrogens with zero attached hydrogens (tertiary/aromatic N) is 1. The molecule has 4 N–H and O–H groups in total. The van der Waals surface area contributed by atoms with Crippen LogP contribution < -0.4 is 16.0 Å². The van der Waals surface area contributed by atoms with Crippen LogP contribution in [0.15, 0.2) is 48.8 Å². The number of pyridine rings is 1. The first-order valence-corrected chi connectivity index (χ1v) is 13.3. The van der Waals surface area contributed by atoms with Crippen LogP contribution >= 0.6 is 34.5 Å². The lowest BCUT2D eigenvalue weighted by atomic mass is 9.70. The Hall–Kier alpha value is -3.14. The number of carbonyl (C=O) groups is 3. The molecule has 2 heterocycles. The molecule has 0 radical (unpaired) electrons. The van der Waals surface area contributed by atoms with Gasteiger partial charge in [-0.05, 0) is 42.5 Å². The number of hydrogen-bond donors (Lipinski definition) is 4. The molecule has 0 spiro atoms. The fraction of sp³-hybridized carbons (Fsp3) is 0.308. The first kappa shape index (κ1) is 26.9. The van der Waals surface area contributed by atoms with Crippen molar-refractivity contribution in [3.63, 3.8) is 0 Å². The van der Waals surface area contributed by atoms with Crippen LogP contribution in [0.25, 0.3) is 10.4 Å². The summed E-state index contributed by atoms with van der Waals surface area (Å²) in [6, 6.07) is 8.33. The fourth-order valence-corrected chi connectivity index (χ4v) is 6.09. The maximum absolute atomic E-state index is 13.5. The summed E-state index contributed by atoms with van der Waals surface area (Å²) < 4.78 is 0. The predicted molar refractivity (Wildman–Crippen MR) is 147 cm³/mol. The van der Waals surface area contributed by atoms with Crippen molar-refractivity contribution >= 4 is 63.1 Å². The second-order valence-electron chi connectivity index (χ2n) is 9.23. The highest BCUT2D eigenvalue weighted by atomic mass is 35.5. The molecule has 3 aromatic rings. The number of aliphatic carboxylic acids is 1. The zero-order valence-electron chi connectivity index (χ0n) is 20.0. The van der Waals surface area contributed by atoms with Crippen molar-refractivity contribution in [1.82, 2.24) is 10.3 Å². The van der Waals surface area contributed by atoms with E-state index in [9.17, 15) is 19.5 Å². The highest BCUT2D eigenvalue weighted by Crippen LogP contribution is 2.40. The van der Waals surface area contributed by atoms with Crippen LogP contribution in [0.5, 0.6) is 0 Å². The number of thiophene rings is 1. The zero-order valence-corrected chi connectivity index (χ0v) is 22.3. The van der Waals surface area contributed by atoms with E-state index in [1.807, 2.05) is 13.0 Å². The number of carboxylic acids is 1. The lowest BCUT2D eigenvalue weighted by molar-refractivity contribution is -0.143. The standard InChI is InChI=1S/C26H26Cl2N4O4S/c1-26(10-3-2-4-11-26)21(24(34)35)31-22(33)16-13-19(15-7-6-12-29-14-15)37-23(16)32-25(36)30-20-17(27)8-5-9-18(20)28/h5-9,12-14,21H,2-4,10-11H2,1H3,(H,31,33)(H,34,35)(H2,30,32,36)/t21-/m1/s1. The molecular formula is C26H26Cl2N4O4S. The Kier molecular flexibility index (Phi) is 8.36. The summed E-state index contributed by atoms with van der Waals surface area (Å²) in [6.07, 6.45) is 7.57. The Labute approximate surface area is 228 Å². The van der Waals surface area contributed by atoms with Crippen LogP contribution in [0.4, 0.5) is 15.5 Å². The van der Waals surface area contributed by atoms with Gasteiger partial charge < -0.3 is 15.7 Å². The normalized spacial score (nSPS) is 15.4. The number of carboxylic acid groups (broad SMARTS) is 1. The molecule has 1 saturated carbocycles. The number of para-hydroxylation sites is 1. The van der Waals surface area contributed by atoms with Gasteiger partial charge in [0.05, 0.1) is 21.3 Å². The summed E-state index contributed by atoms with van der Waals surface area (Å²) in [5, 5.41) is 18.8. The smallest absolute Gasteiger partial charge is 0.326 e. The zero-order chi connectivity index (χ0) is 26.6. The molecule has 0 bridgehead atoms. The molecule has 1 aliphatic carbocycles. The molecular weight excluding hydrogens is 535 g/mol. The maximum Gasteiger partial charge on any atom is 0.326 e. The number of nitrogens with one attached hydrogen (secondary N) is 3. The average Bonchev–Trinajstić information content (AvgIpc) is 3.29. The van der Waals surface area contributed by atoms with Crippen molar-refractivity contribution in [3.8, 4) is 10.4 Å². The molecule has 194 valence electrons. The highest BCUT2D eigenvalue weighted by Gasteiger charge is 2.41. The van der Waals surface area contributed by atoms with Crippen molar-refractivity contribution in [2.75, 3.05) is 10.6 Å². The van der Waals surface area contributed by atoms with Crippen molar-refractivity contribution in [3.05, 3.63) is 64.4 Å². The van der Waals surface area contributed by atoms with Crippen molar-refractivity contribution in [1.29, 1.82) is 0 Å². The first-order valence-electron chi connectivity index (χ1n) is 11.8. The number of rotatable bonds is 7. The second-order valence-corrected chi connectivity index (χ2v) is 11.1. The summed E-state index contributed by atoms with van der Waals surface area (Å²) in [6.45, 7) is 1.90. The molecule has 4 rings (SSSR count). The van der Waals surface area contributed by atoms with Crippen LogP contribution in [-0.4, -0.2) is 34.0 Å². The lowest BCUT2D eigenvalue weighted by Crippen LogP contribution is -2.52. The van der Waals surface area contributed by atoms with E-state index in [-0.39, 0.29) is 26.3 Å². The molecule has 1 fully saturated rings. The minimum Gasteiger partial charge on any atom is -0.480 e. The van der Waals surface area contributed by atoms with Gasteiger partial charge in [-0.1, -0.05) is 61.5 Å². The van der Waals surface area contributed by atoms with Gasteiger partial charge in [0, 0.05) is 22.8 Å². The summed E-state index contributed by atoms with van der Waals surface area (Å²) in [4.78, 5) is 43.3. The molecule has 0 unspecified atom stereocenters. The van der Waals surface area contributed by atoms with Crippen molar-refractivity contribution in [2.24, 2.45) is 5.41 Å². The molecule has 37 heavy (non-hydrogen) atoms. The number of benzene rings is 1. The van der Waals surface area contributed by atoms with E-state index >= 15 is 0 Å². The molecule has 1 aromatic carbocycles. The number of anilines is 2. The first-order chi connectivity index (χ1) is 17.7. The number of carbonyl (C=O) groups excluding carboxylic acids is 2. The third-order valence-corrected chi connectivity index (χ3v) is 8.30. The molecule has 0 aliphatic heterocycles. The van der Waals surface area contributed by atoms with Crippen LogP contribution in [0.1, 0.15) is 49.4 Å². The number of hydrogen-bond acceptors (Lipinski definition) is 5. The minimum atomic E-state index is -1.08. The van der Waals surface area contributed by atoms with Gasteiger partial charge in [-0.15, -0.1) is 11.3 Å². The molecule has 1 atom stereocenters. The monoisotopic (exact) mass is 560 g/mol. The van der Waals surface area contributed by atoms with Gasteiger partial charge in [0.15, 0.2) is 0 Å². The van der Waals surface area contributed by atoms with E-state index in [0.29, 0.717) is 17.7 Å². The lowest BCUT2D eigenvalue weighted by Gasteiger charge is -2.38. The Morgan fingerprint density at radius 3 is 2.38 bits per heavy atom. The number of amides is 3. The van der Waals surface area contributed by atoms with E-state index in [1.165, 1.54) is 11.3 Å². The van der Waals surface area contributed by atoms with E-state index in [2.05, 4.69) is 20.9 Å². The Morgan fingerprint density at radius 2 is 1.76 bits per heavy atom. The minimum absolute atomic E-state index is 0.148. The molecule has 1 aliphatic rings. The van der Waals surface area contributed by atoms with Gasteiger partial charge >= 0.3 is 12.0 Å². The topological polar surface area (TPSA) is 120 Å². The van der Waals surface area contributed by atoms with E-state index in [0.717, 1.165) is 24.8 Å². The number of urea groups is 1. The Morgan fingerprint density at radius 1 is 1.05 bits per heavy atom. The number of aromatic nitrogens is 1. The van der Waals surface area contributed by atoms with Gasteiger partial charge in [-0.2, -0.15) is 0 Å². The third-order valence-electron chi connectivity index (χ3n) is 6.57. The SMILES string of the molecule is CC1([C@H](NC(=O)c2cc(-c3cccnc3)sc2NC(=O)Nc2c(Cl)cccc2Cl)C(=O)O)CCCCC1. The van der Waals surface area contributed by atoms with Crippen molar-refractivity contribution < 1.29 is 19.5 Å². The van der Waals surface area contributed by atoms with Crippen molar-refractivity contribution in [2.45, 2.75) is 45.1 Å². The van der Waals surface area contributed by atoms with Crippen LogP contribution in [0.3, 0.4) is 0 Å². The van der Waals surface area contributed by atoms with Gasteiger partial charge in [-0.3, -0.25) is 15.1 Å². The molecule has 8 nitrogen and oxygen atoms in total. The van der Waals surface area contributed by atoms with Crippen LogP contribution in [0.2, 0.25) is 10.0 Å². The summed E-state index contributed by atoms with van der Waals surface area (Å²) >= 11 is 13.5. The van der Waals surface area contributed by atoms with Gasteiger partial charge in [0.2, 0.25) is 0 Å². The molecule has 0 saturated heterocycles. The van der Waals surface area contributed by atoms with Crippen LogP contribution in [-0.2, 0) is 4.79 Å². The predicted octanol–water partition coefficient (Wildman–Crippen LogP) is 6.91. The summed E-state index contributed by atoms with van der Waals surface area (Å²) in [7, 11) is 0. The molecule has 3 amide bonds. The van der Waals surface area contributed by atoms with Gasteiger partial charge in [-0.25, -0.2) is 9.59 Å². The average molecular weight is 561 g/mol. The van der Waals surface area contributed by atoms with Crippen LogP contribution in [0, 0.1) is 5.41 Å². The van der Waals surface area contributed by atoms with Gasteiger partial charge in [0.1, 0.15) is 11.0 Å². The largest absolute Gasteiger partial charge is 0.480 e. The maximum atomic E-state index is 13.5. The summed E-state index contributed by atoms with van der Waals surface area (Å²) in [5.41, 5.74) is 0.566. The van der Waals surface area contributed by atoms with E-state index < -0.39 is 29.4 Å². The third kappa shape index (κ3) is 6.23. The Bertz CT molecular complexity index is 1290. The second kappa shape index (κ2) is 11.5. The van der Waals surface area contributed by atoms with E-state index in [4.69, 9.17) is 23.2 Å². The number of halogens is 2.